The first kappa shape index (κ1) is 63.9. The monoisotopic (exact) mass is 1410 g/mol. The average molecular weight is 1410 g/mol. The third-order valence-corrected chi connectivity index (χ3v) is 23.0. The van der Waals surface area contributed by atoms with Gasteiger partial charge >= 0.3 is 0 Å². The van der Waals surface area contributed by atoms with Gasteiger partial charge in [0.25, 0.3) is 0 Å². The highest BCUT2D eigenvalue weighted by Crippen LogP contribution is 2.47. The van der Waals surface area contributed by atoms with Crippen LogP contribution in [0.4, 0.5) is 0 Å². The first-order chi connectivity index (χ1) is 53.5. The number of nitrogens with zero attached hydrogens (tertiary/aromatic N) is 6. The molecular formula is C100H62N6S2. The second-order valence-electron chi connectivity index (χ2n) is 27.2. The van der Waals surface area contributed by atoms with Crippen LogP contribution in [0.15, 0.2) is 376 Å². The van der Waals surface area contributed by atoms with E-state index in [4.69, 9.17) is 29.9 Å². The van der Waals surface area contributed by atoms with Crippen LogP contribution >= 0.6 is 22.7 Å². The lowest BCUT2D eigenvalue weighted by molar-refractivity contribution is 1.18. The summed E-state index contributed by atoms with van der Waals surface area (Å²) in [5.41, 5.74) is 23.0. The van der Waals surface area contributed by atoms with Crippen molar-refractivity contribution in [2.45, 2.75) is 0 Å². The zero-order chi connectivity index (χ0) is 71.4. The number of aromatic nitrogens is 6. The zero-order valence-electron chi connectivity index (χ0n) is 58.3. The van der Waals surface area contributed by atoms with Crippen LogP contribution in [0, 0.1) is 0 Å². The first-order valence-corrected chi connectivity index (χ1v) is 37.9. The predicted molar refractivity (Wildman–Crippen MR) is 455 cm³/mol. The Labute approximate surface area is 631 Å². The molecule has 0 aliphatic carbocycles. The Morgan fingerprint density at radius 1 is 0.185 bits per heavy atom. The Morgan fingerprint density at radius 3 is 0.907 bits per heavy atom. The van der Waals surface area contributed by atoms with Crippen molar-refractivity contribution in [1.82, 2.24) is 29.9 Å². The van der Waals surface area contributed by atoms with Gasteiger partial charge in [0, 0.05) is 95.6 Å². The molecule has 504 valence electrons. The molecule has 0 N–H and O–H groups in total. The van der Waals surface area contributed by atoms with Gasteiger partial charge in [-0.25, -0.2) is 29.9 Å². The molecule has 15 aromatic carbocycles. The highest BCUT2D eigenvalue weighted by Gasteiger charge is 2.22. The van der Waals surface area contributed by atoms with Crippen LogP contribution in [0.5, 0.6) is 0 Å². The molecule has 6 aromatic heterocycles. The van der Waals surface area contributed by atoms with Gasteiger partial charge in [0.15, 0.2) is 11.6 Å². The van der Waals surface area contributed by atoms with E-state index in [0.29, 0.717) is 11.6 Å². The van der Waals surface area contributed by atoms with Gasteiger partial charge < -0.3 is 0 Å². The van der Waals surface area contributed by atoms with Crippen LogP contribution in [0.2, 0.25) is 0 Å². The van der Waals surface area contributed by atoms with Gasteiger partial charge in [-0.15, -0.1) is 22.7 Å². The van der Waals surface area contributed by atoms with E-state index in [1.54, 1.807) is 0 Å². The van der Waals surface area contributed by atoms with Crippen molar-refractivity contribution in [1.29, 1.82) is 0 Å². The van der Waals surface area contributed by atoms with Crippen LogP contribution in [0.1, 0.15) is 0 Å². The van der Waals surface area contributed by atoms with E-state index in [-0.39, 0.29) is 0 Å². The minimum absolute atomic E-state index is 0.695. The molecule has 21 aromatic rings. The number of hydrogen-bond donors (Lipinski definition) is 0. The molecule has 0 saturated carbocycles. The molecule has 0 aliphatic rings. The molecule has 0 fully saturated rings. The lowest BCUT2D eigenvalue weighted by Crippen LogP contribution is -1.96. The van der Waals surface area contributed by atoms with Gasteiger partial charge in [-0.2, -0.15) is 0 Å². The molecule has 6 nitrogen and oxygen atoms in total. The van der Waals surface area contributed by atoms with Crippen LogP contribution in [-0.2, 0) is 0 Å². The summed E-state index contributed by atoms with van der Waals surface area (Å²) in [6, 6.07) is 133. The SMILES string of the molecule is c1ccc(-c2cc(-c3ccc(-c4nc5ccc(-c6cccc7ccccc67)cc5c5sc6ccccc6c45)cc3)nc(-c3ccccc3)n2)cc1.c1ccc(-c2ccc(-c3nc(-c4ccccc4)cc(-c4ccc(-c5nc6ccc(-c7cccc8ccccc78)cc6c6sc7ccccc7c56)cc4)n3)cc2)cc1. The van der Waals surface area contributed by atoms with Crippen LogP contribution in [-0.4, -0.2) is 29.9 Å². The number of thiophene rings is 2. The standard InChI is InChI=1S/C53H33N3S.C47H29N3S/c1-3-12-34(13-4-1)35-22-28-40(29-23-35)53-55-47(37-15-5-2-6-16-37)33-48(56-53)38-24-26-39(27-25-38)51-50-44-19-9-10-21-49(44)57-52(50)45-32-41(30-31-46(45)54-51)43-20-11-17-36-14-7-8-18-42(36)43;1-3-13-31(14-4-1)41-29-42(50-47(49-41)34-15-5-2-6-16-34)32-22-24-33(25-23-32)45-44-38-19-9-10-21-43(38)51-46(44)39-28-35(26-27-40(39)48-45)37-20-11-17-30-12-7-8-18-36(30)37/h1-33H;1-29H. The summed E-state index contributed by atoms with van der Waals surface area (Å²) in [5.74, 6) is 1.40. The summed E-state index contributed by atoms with van der Waals surface area (Å²) >= 11 is 3.70. The summed E-state index contributed by atoms with van der Waals surface area (Å²) in [4.78, 5) is 31.0. The van der Waals surface area contributed by atoms with Gasteiger partial charge in [0.2, 0.25) is 0 Å². The lowest BCUT2D eigenvalue weighted by atomic mass is 9.96. The third-order valence-electron chi connectivity index (χ3n) is 20.6. The molecule has 0 unspecified atom stereocenters. The van der Waals surface area contributed by atoms with Crippen molar-refractivity contribution in [2.24, 2.45) is 0 Å². The molecular weight excluding hydrogens is 1350 g/mol. The topological polar surface area (TPSA) is 77.3 Å². The molecule has 0 amide bonds. The van der Waals surface area contributed by atoms with Crippen LogP contribution in [0.25, 0.3) is 207 Å². The summed E-state index contributed by atoms with van der Waals surface area (Å²) in [6.07, 6.45) is 0. The van der Waals surface area contributed by atoms with Crippen molar-refractivity contribution < 1.29 is 0 Å². The molecule has 21 rings (SSSR count). The van der Waals surface area contributed by atoms with E-state index in [1.165, 1.54) is 100 Å². The van der Waals surface area contributed by atoms with Gasteiger partial charge in [-0.1, -0.05) is 328 Å². The molecule has 0 atom stereocenters. The van der Waals surface area contributed by atoms with E-state index in [0.717, 1.165) is 95.3 Å². The van der Waals surface area contributed by atoms with Crippen molar-refractivity contribution >= 4 is 106 Å². The summed E-state index contributed by atoms with van der Waals surface area (Å²) in [6.45, 7) is 0. The van der Waals surface area contributed by atoms with Gasteiger partial charge in [0.1, 0.15) is 0 Å². The number of rotatable bonds is 11. The number of hydrogen-bond acceptors (Lipinski definition) is 8. The average Bonchev–Trinajstić information content (AvgIpc) is 1.54. The van der Waals surface area contributed by atoms with E-state index in [2.05, 4.69) is 328 Å². The molecule has 6 heterocycles. The van der Waals surface area contributed by atoms with E-state index in [9.17, 15) is 0 Å². The highest BCUT2D eigenvalue weighted by molar-refractivity contribution is 7.27. The summed E-state index contributed by atoms with van der Waals surface area (Å²) < 4.78 is 5.04. The molecule has 108 heavy (non-hydrogen) atoms. The number of benzene rings is 15. The molecule has 0 aliphatic heterocycles. The molecule has 0 radical (unpaired) electrons. The van der Waals surface area contributed by atoms with Crippen LogP contribution in [0.3, 0.4) is 0 Å². The Bertz CT molecular complexity index is 6940. The van der Waals surface area contributed by atoms with Gasteiger partial charge in [0.05, 0.1) is 45.2 Å². The van der Waals surface area contributed by atoms with Gasteiger partial charge in [-0.3, -0.25) is 0 Å². The van der Waals surface area contributed by atoms with Crippen molar-refractivity contribution in [3.63, 3.8) is 0 Å². The molecule has 0 spiro atoms. The Balaban J connectivity index is 0.000000143. The maximum absolute atomic E-state index is 5.41. The molecule has 0 saturated heterocycles. The van der Waals surface area contributed by atoms with E-state index < -0.39 is 0 Å². The molecule has 0 bridgehead atoms. The summed E-state index contributed by atoms with van der Waals surface area (Å²) in [5, 5.41) is 12.2. The molecule has 8 heteroatoms. The third kappa shape index (κ3) is 11.9. The fourth-order valence-corrected chi connectivity index (χ4v) is 17.7. The second kappa shape index (κ2) is 27.4. The van der Waals surface area contributed by atoms with E-state index in [1.807, 2.05) is 71.2 Å². The fraction of sp³-hybridized carbons (Fsp3) is 0. The summed E-state index contributed by atoms with van der Waals surface area (Å²) in [7, 11) is 0. The van der Waals surface area contributed by atoms with Crippen molar-refractivity contribution in [3.8, 4) is 124 Å². The smallest absolute Gasteiger partial charge is 0.160 e. The van der Waals surface area contributed by atoms with Crippen LogP contribution < -0.4 is 0 Å². The normalized spacial score (nSPS) is 11.5. The van der Waals surface area contributed by atoms with Crippen molar-refractivity contribution in [2.75, 3.05) is 0 Å². The Hall–Kier alpha value is -13.8. The highest BCUT2D eigenvalue weighted by atomic mass is 32.1. The lowest BCUT2D eigenvalue weighted by Gasteiger charge is -2.12. The predicted octanol–water partition coefficient (Wildman–Crippen LogP) is 27.4. The fourth-order valence-electron chi connectivity index (χ4n) is 15.2. The minimum atomic E-state index is 0.695. The number of pyridine rings is 2. The quantitative estimate of drug-likeness (QED) is 0.128. The largest absolute Gasteiger partial charge is 0.247 e. The Morgan fingerprint density at radius 2 is 0.481 bits per heavy atom. The first-order valence-electron chi connectivity index (χ1n) is 36.3. The van der Waals surface area contributed by atoms with E-state index >= 15 is 0 Å². The zero-order valence-corrected chi connectivity index (χ0v) is 59.9. The minimum Gasteiger partial charge on any atom is -0.247 e. The maximum Gasteiger partial charge on any atom is 0.160 e. The Kier molecular flexibility index (Phi) is 16.2. The number of fused-ring (bicyclic) bond motifs is 12. The maximum atomic E-state index is 5.41. The second-order valence-corrected chi connectivity index (χ2v) is 29.3. The van der Waals surface area contributed by atoms with Crippen molar-refractivity contribution in [3.05, 3.63) is 376 Å². The van der Waals surface area contributed by atoms with Gasteiger partial charge in [-0.05, 0) is 103 Å².